The Bertz CT molecular complexity index is 562. The molecule has 1 heterocycles. The molecule has 0 spiro atoms. The number of nitrogens with zero attached hydrogens (tertiary/aromatic N) is 1. The number of piperidine rings is 1. The minimum absolute atomic E-state index is 0.267. The van der Waals surface area contributed by atoms with Gasteiger partial charge in [0.15, 0.2) is 0 Å². The second kappa shape index (κ2) is 6.47. The van der Waals surface area contributed by atoms with E-state index in [9.17, 15) is 14.7 Å². The SMILES string of the molecule is CCC1CCN(C(=O)c2ccc(Br)c(N)c2)C(C(=O)O)C1. The number of hydrogen-bond donors (Lipinski definition) is 2. The summed E-state index contributed by atoms with van der Waals surface area (Å²) in [7, 11) is 0. The molecular formula is C15H19BrN2O3. The molecular weight excluding hydrogens is 336 g/mol. The smallest absolute Gasteiger partial charge is 0.326 e. The molecule has 21 heavy (non-hydrogen) atoms. The number of amides is 1. The molecule has 114 valence electrons. The summed E-state index contributed by atoms with van der Waals surface area (Å²) >= 11 is 3.28. The Morgan fingerprint density at radius 3 is 2.76 bits per heavy atom. The number of carboxylic acids is 1. The molecule has 2 unspecified atom stereocenters. The third-order valence-corrected chi connectivity index (χ3v) is 4.80. The quantitative estimate of drug-likeness (QED) is 0.817. The zero-order valence-corrected chi connectivity index (χ0v) is 13.5. The van der Waals surface area contributed by atoms with Gasteiger partial charge in [-0.25, -0.2) is 4.79 Å². The molecule has 1 aliphatic heterocycles. The standard InChI is InChI=1S/C15H19BrN2O3/c1-2-9-5-6-18(13(7-9)15(20)21)14(19)10-3-4-11(16)12(17)8-10/h3-4,8-9,13H,2,5-7,17H2,1H3,(H,20,21). The Balaban J connectivity index is 2.24. The van der Waals surface area contributed by atoms with E-state index in [1.165, 1.54) is 4.90 Å². The van der Waals surface area contributed by atoms with Gasteiger partial charge >= 0.3 is 5.97 Å². The van der Waals surface area contributed by atoms with Crippen molar-refractivity contribution < 1.29 is 14.7 Å². The normalized spacial score (nSPS) is 22.1. The minimum Gasteiger partial charge on any atom is -0.480 e. The van der Waals surface area contributed by atoms with Crippen LogP contribution in [0.25, 0.3) is 0 Å². The number of nitrogen functional groups attached to an aromatic ring is 1. The van der Waals surface area contributed by atoms with Crippen LogP contribution in [0.2, 0.25) is 0 Å². The van der Waals surface area contributed by atoms with E-state index in [-0.39, 0.29) is 5.91 Å². The van der Waals surface area contributed by atoms with Crippen LogP contribution in [0, 0.1) is 5.92 Å². The van der Waals surface area contributed by atoms with Crippen LogP contribution in [-0.4, -0.2) is 34.5 Å². The fourth-order valence-electron chi connectivity index (χ4n) is 2.73. The molecule has 1 aromatic rings. The van der Waals surface area contributed by atoms with Gasteiger partial charge < -0.3 is 15.7 Å². The molecule has 6 heteroatoms. The Morgan fingerprint density at radius 2 is 2.19 bits per heavy atom. The second-order valence-electron chi connectivity index (χ2n) is 5.39. The average Bonchev–Trinajstić information content (AvgIpc) is 2.48. The Morgan fingerprint density at radius 1 is 1.48 bits per heavy atom. The molecule has 2 atom stereocenters. The highest BCUT2D eigenvalue weighted by molar-refractivity contribution is 9.10. The molecule has 1 aliphatic rings. The molecule has 0 bridgehead atoms. The summed E-state index contributed by atoms with van der Waals surface area (Å²) < 4.78 is 0.721. The number of aliphatic carboxylic acids is 1. The number of benzene rings is 1. The van der Waals surface area contributed by atoms with Crippen LogP contribution in [0.15, 0.2) is 22.7 Å². The van der Waals surface area contributed by atoms with E-state index in [0.29, 0.717) is 30.1 Å². The maximum absolute atomic E-state index is 12.6. The average molecular weight is 355 g/mol. The number of anilines is 1. The van der Waals surface area contributed by atoms with E-state index < -0.39 is 12.0 Å². The lowest BCUT2D eigenvalue weighted by atomic mass is 9.88. The van der Waals surface area contributed by atoms with Gasteiger partial charge in [0.1, 0.15) is 6.04 Å². The zero-order valence-electron chi connectivity index (χ0n) is 11.9. The van der Waals surface area contributed by atoms with Crippen LogP contribution in [0.4, 0.5) is 5.69 Å². The van der Waals surface area contributed by atoms with Crippen molar-refractivity contribution in [3.63, 3.8) is 0 Å². The maximum atomic E-state index is 12.6. The fraction of sp³-hybridized carbons (Fsp3) is 0.467. The third kappa shape index (κ3) is 3.37. The van der Waals surface area contributed by atoms with Crippen LogP contribution in [0.3, 0.4) is 0 Å². The molecule has 1 aromatic carbocycles. The van der Waals surface area contributed by atoms with E-state index in [1.807, 2.05) is 0 Å². The van der Waals surface area contributed by atoms with Gasteiger partial charge in [-0.2, -0.15) is 0 Å². The topological polar surface area (TPSA) is 83.6 Å². The van der Waals surface area contributed by atoms with Crippen LogP contribution in [-0.2, 0) is 4.79 Å². The van der Waals surface area contributed by atoms with Crippen molar-refractivity contribution in [2.75, 3.05) is 12.3 Å². The molecule has 0 aliphatic carbocycles. The number of carbonyl (C=O) groups excluding carboxylic acids is 1. The molecule has 0 radical (unpaired) electrons. The first-order chi connectivity index (χ1) is 9.93. The van der Waals surface area contributed by atoms with E-state index in [2.05, 4.69) is 22.9 Å². The highest BCUT2D eigenvalue weighted by Crippen LogP contribution is 2.28. The lowest BCUT2D eigenvalue weighted by molar-refractivity contribution is -0.144. The van der Waals surface area contributed by atoms with Crippen molar-refractivity contribution in [3.8, 4) is 0 Å². The van der Waals surface area contributed by atoms with Crippen molar-refractivity contribution >= 4 is 33.5 Å². The van der Waals surface area contributed by atoms with Gasteiger partial charge in [0, 0.05) is 22.3 Å². The molecule has 0 saturated carbocycles. The number of likely N-dealkylation sites (tertiary alicyclic amines) is 1. The predicted octanol–water partition coefficient (Wildman–Crippen LogP) is 2.75. The summed E-state index contributed by atoms with van der Waals surface area (Å²) in [5.41, 5.74) is 6.69. The van der Waals surface area contributed by atoms with Crippen LogP contribution in [0.5, 0.6) is 0 Å². The van der Waals surface area contributed by atoms with Crippen molar-refractivity contribution in [1.82, 2.24) is 4.90 Å². The number of nitrogens with two attached hydrogens (primary N) is 1. The highest BCUT2D eigenvalue weighted by atomic mass is 79.9. The summed E-state index contributed by atoms with van der Waals surface area (Å²) in [5.74, 6) is -0.840. The summed E-state index contributed by atoms with van der Waals surface area (Å²) in [5, 5.41) is 9.39. The monoisotopic (exact) mass is 354 g/mol. The van der Waals surface area contributed by atoms with E-state index >= 15 is 0 Å². The number of rotatable bonds is 3. The van der Waals surface area contributed by atoms with Crippen LogP contribution >= 0.6 is 15.9 Å². The predicted molar refractivity (Wildman–Crippen MR) is 84.0 cm³/mol. The van der Waals surface area contributed by atoms with Gasteiger partial charge in [-0.15, -0.1) is 0 Å². The van der Waals surface area contributed by atoms with Crippen molar-refractivity contribution in [2.24, 2.45) is 5.92 Å². The van der Waals surface area contributed by atoms with Crippen molar-refractivity contribution in [2.45, 2.75) is 32.2 Å². The van der Waals surface area contributed by atoms with Gasteiger partial charge in [0.25, 0.3) is 5.91 Å². The first-order valence-corrected chi connectivity index (χ1v) is 7.82. The number of carbonyl (C=O) groups is 2. The van der Waals surface area contributed by atoms with E-state index in [4.69, 9.17) is 5.73 Å². The van der Waals surface area contributed by atoms with Gasteiger partial charge in [0.05, 0.1) is 0 Å². The Labute approximate surface area is 132 Å². The lowest BCUT2D eigenvalue weighted by Crippen LogP contribution is -2.50. The third-order valence-electron chi connectivity index (χ3n) is 4.08. The number of halogens is 1. The molecule has 1 saturated heterocycles. The summed E-state index contributed by atoms with van der Waals surface area (Å²) in [6.45, 7) is 2.53. The first kappa shape index (κ1) is 15.8. The lowest BCUT2D eigenvalue weighted by Gasteiger charge is -2.37. The highest BCUT2D eigenvalue weighted by Gasteiger charge is 2.36. The summed E-state index contributed by atoms with van der Waals surface area (Å²) in [6, 6.07) is 4.20. The first-order valence-electron chi connectivity index (χ1n) is 7.02. The summed E-state index contributed by atoms with van der Waals surface area (Å²) in [4.78, 5) is 25.5. The van der Waals surface area contributed by atoms with Gasteiger partial charge in [0.2, 0.25) is 0 Å². The van der Waals surface area contributed by atoms with E-state index in [1.54, 1.807) is 18.2 Å². The van der Waals surface area contributed by atoms with Crippen molar-refractivity contribution in [3.05, 3.63) is 28.2 Å². The molecule has 1 amide bonds. The second-order valence-corrected chi connectivity index (χ2v) is 6.24. The fourth-order valence-corrected chi connectivity index (χ4v) is 2.98. The van der Waals surface area contributed by atoms with Crippen LogP contribution < -0.4 is 5.73 Å². The molecule has 0 aromatic heterocycles. The molecule has 2 rings (SSSR count). The van der Waals surface area contributed by atoms with Crippen LogP contribution in [0.1, 0.15) is 36.5 Å². The van der Waals surface area contributed by atoms with Crippen molar-refractivity contribution in [1.29, 1.82) is 0 Å². The summed E-state index contributed by atoms with van der Waals surface area (Å²) in [6.07, 6.45) is 2.30. The van der Waals surface area contributed by atoms with Gasteiger partial charge in [-0.05, 0) is 52.9 Å². The number of carboxylic acid groups (broad SMARTS) is 1. The van der Waals surface area contributed by atoms with Gasteiger partial charge in [-0.3, -0.25) is 4.79 Å². The maximum Gasteiger partial charge on any atom is 0.326 e. The number of hydrogen-bond acceptors (Lipinski definition) is 3. The minimum atomic E-state index is -0.938. The largest absolute Gasteiger partial charge is 0.480 e. The molecule has 3 N–H and O–H groups in total. The zero-order chi connectivity index (χ0) is 15.6. The van der Waals surface area contributed by atoms with E-state index in [0.717, 1.165) is 17.3 Å². The van der Waals surface area contributed by atoms with Gasteiger partial charge in [-0.1, -0.05) is 13.3 Å². The molecule has 1 fully saturated rings. The molecule has 5 nitrogen and oxygen atoms in total. The Hall–Kier alpha value is -1.56. The Kier molecular flexibility index (Phi) is 4.88.